The zero-order chi connectivity index (χ0) is 16.0. The number of rotatable bonds is 7. The highest BCUT2D eigenvalue weighted by atomic mass is 127. The van der Waals surface area contributed by atoms with E-state index in [1.807, 2.05) is 6.07 Å². The number of halogens is 1. The highest BCUT2D eigenvalue weighted by molar-refractivity contribution is 14.1. The van der Waals surface area contributed by atoms with Gasteiger partial charge in [-0.3, -0.25) is 9.59 Å². The van der Waals surface area contributed by atoms with E-state index in [-0.39, 0.29) is 18.8 Å². The van der Waals surface area contributed by atoms with Gasteiger partial charge < -0.3 is 14.2 Å². The molecule has 0 saturated heterocycles. The number of ketones is 1. The van der Waals surface area contributed by atoms with Crippen molar-refractivity contribution in [2.45, 2.75) is 20.3 Å². The number of methoxy groups -OCH3 is 2. The van der Waals surface area contributed by atoms with Crippen molar-refractivity contribution in [3.05, 3.63) is 21.3 Å². The first-order chi connectivity index (χ1) is 9.94. The zero-order valence-corrected chi connectivity index (χ0v) is 14.7. The molecule has 0 saturated carbocycles. The third-order valence-corrected chi connectivity index (χ3v) is 3.80. The summed E-state index contributed by atoms with van der Waals surface area (Å²) in [6.07, 6.45) is 0.282. The summed E-state index contributed by atoms with van der Waals surface area (Å²) < 4.78 is 16.4. The number of carbonyl (C=O) groups excluding carboxylic acids is 2. The van der Waals surface area contributed by atoms with Crippen molar-refractivity contribution in [1.82, 2.24) is 0 Å². The smallest absolute Gasteiger partial charge is 0.316 e. The van der Waals surface area contributed by atoms with Gasteiger partial charge in [0.25, 0.3) is 0 Å². The molecular formula is C15H19IO5. The zero-order valence-electron chi connectivity index (χ0n) is 12.6. The van der Waals surface area contributed by atoms with Gasteiger partial charge in [-0.15, -0.1) is 0 Å². The summed E-state index contributed by atoms with van der Waals surface area (Å²) in [7, 11) is 3.11. The normalized spacial score (nSPS) is 11.7. The van der Waals surface area contributed by atoms with E-state index < -0.39 is 11.9 Å². The Hall–Kier alpha value is -1.31. The highest BCUT2D eigenvalue weighted by Gasteiger charge is 2.26. The van der Waals surface area contributed by atoms with E-state index in [0.29, 0.717) is 11.5 Å². The molecular weight excluding hydrogens is 387 g/mol. The Morgan fingerprint density at radius 1 is 1.24 bits per heavy atom. The van der Waals surface area contributed by atoms with Crippen LogP contribution in [0.3, 0.4) is 0 Å². The average molecular weight is 406 g/mol. The number of hydrogen-bond donors (Lipinski definition) is 0. The molecule has 1 unspecified atom stereocenters. The van der Waals surface area contributed by atoms with Crippen molar-refractivity contribution in [1.29, 1.82) is 0 Å². The molecule has 0 aliphatic rings. The number of ether oxygens (including phenoxy) is 3. The van der Waals surface area contributed by atoms with Crippen molar-refractivity contribution in [2.75, 3.05) is 20.8 Å². The van der Waals surface area contributed by atoms with Crippen LogP contribution in [-0.4, -0.2) is 32.6 Å². The number of hydrogen-bond acceptors (Lipinski definition) is 5. The summed E-state index contributed by atoms with van der Waals surface area (Å²) in [5, 5.41) is 0. The summed E-state index contributed by atoms with van der Waals surface area (Å²) in [6.45, 7) is 3.37. The predicted octanol–water partition coefficient (Wildman–Crippen LogP) is 2.62. The first-order valence-corrected chi connectivity index (χ1v) is 7.59. The third kappa shape index (κ3) is 4.59. The van der Waals surface area contributed by atoms with E-state index in [1.165, 1.54) is 6.92 Å². The maximum atomic E-state index is 11.9. The fraction of sp³-hybridized carbons (Fsp3) is 0.467. The molecule has 0 aromatic heterocycles. The van der Waals surface area contributed by atoms with Gasteiger partial charge in [0.1, 0.15) is 11.7 Å². The molecule has 116 valence electrons. The van der Waals surface area contributed by atoms with Gasteiger partial charge in [-0.2, -0.15) is 0 Å². The Kier molecular flexibility index (Phi) is 6.94. The number of esters is 1. The topological polar surface area (TPSA) is 61.8 Å². The van der Waals surface area contributed by atoms with Crippen LogP contribution in [0.15, 0.2) is 12.1 Å². The fourth-order valence-corrected chi connectivity index (χ4v) is 2.85. The molecule has 0 N–H and O–H groups in total. The Labute approximate surface area is 138 Å². The van der Waals surface area contributed by atoms with E-state index in [1.54, 1.807) is 27.2 Å². The van der Waals surface area contributed by atoms with Crippen LogP contribution < -0.4 is 9.47 Å². The molecule has 5 nitrogen and oxygen atoms in total. The number of benzene rings is 1. The lowest BCUT2D eigenvalue weighted by Crippen LogP contribution is -2.26. The summed E-state index contributed by atoms with van der Waals surface area (Å²) >= 11 is 2.13. The lowest BCUT2D eigenvalue weighted by molar-refractivity contribution is -0.151. The fourth-order valence-electron chi connectivity index (χ4n) is 1.96. The lowest BCUT2D eigenvalue weighted by Gasteiger charge is -2.15. The van der Waals surface area contributed by atoms with Gasteiger partial charge >= 0.3 is 5.97 Å². The van der Waals surface area contributed by atoms with Crippen molar-refractivity contribution >= 4 is 34.3 Å². The standard InChI is InChI=1S/C15H19IO5/c1-5-21-15(18)11(9(2)17)6-10-7-12(16)14(20-4)13(8-10)19-3/h7-8,11H,5-6H2,1-4H3. The predicted molar refractivity (Wildman–Crippen MR) is 86.8 cm³/mol. The molecule has 0 bridgehead atoms. The van der Waals surface area contributed by atoms with E-state index in [0.717, 1.165) is 9.13 Å². The Balaban J connectivity index is 3.07. The number of Topliss-reactive ketones (excluding diaryl/α,β-unsaturated/α-hetero) is 1. The minimum Gasteiger partial charge on any atom is -0.493 e. The summed E-state index contributed by atoms with van der Waals surface area (Å²) in [6, 6.07) is 3.65. The number of carbonyl (C=O) groups is 2. The monoisotopic (exact) mass is 406 g/mol. The van der Waals surface area contributed by atoms with Crippen LogP contribution in [0.1, 0.15) is 19.4 Å². The first kappa shape index (κ1) is 17.7. The van der Waals surface area contributed by atoms with Gasteiger partial charge in [-0.1, -0.05) is 0 Å². The quantitative estimate of drug-likeness (QED) is 0.396. The van der Waals surface area contributed by atoms with Crippen LogP contribution in [0, 0.1) is 9.49 Å². The second-order valence-electron chi connectivity index (χ2n) is 4.43. The molecule has 1 aromatic carbocycles. The van der Waals surface area contributed by atoms with Gasteiger partial charge in [0.15, 0.2) is 11.5 Å². The molecule has 0 radical (unpaired) electrons. The Morgan fingerprint density at radius 2 is 1.90 bits per heavy atom. The van der Waals surface area contributed by atoms with Crippen LogP contribution in [0.5, 0.6) is 11.5 Å². The van der Waals surface area contributed by atoms with E-state index in [2.05, 4.69) is 22.6 Å². The molecule has 0 fully saturated rings. The van der Waals surface area contributed by atoms with Gasteiger partial charge in [0.05, 0.1) is 24.4 Å². The summed E-state index contributed by atoms with van der Waals surface area (Å²) in [5.74, 6) is -0.283. The van der Waals surface area contributed by atoms with Gasteiger partial charge in [0.2, 0.25) is 0 Å². The largest absolute Gasteiger partial charge is 0.493 e. The molecule has 1 aromatic rings. The third-order valence-electron chi connectivity index (χ3n) is 3.00. The molecule has 0 spiro atoms. The van der Waals surface area contributed by atoms with Crippen LogP contribution >= 0.6 is 22.6 Å². The molecule has 6 heteroatoms. The van der Waals surface area contributed by atoms with Crippen molar-refractivity contribution in [2.24, 2.45) is 5.92 Å². The molecule has 0 amide bonds. The molecule has 0 aliphatic heterocycles. The lowest BCUT2D eigenvalue weighted by atomic mass is 9.96. The van der Waals surface area contributed by atoms with Crippen LogP contribution in [0.2, 0.25) is 0 Å². The maximum absolute atomic E-state index is 11.9. The molecule has 0 aliphatic carbocycles. The van der Waals surface area contributed by atoms with E-state index in [4.69, 9.17) is 14.2 Å². The van der Waals surface area contributed by atoms with Crippen LogP contribution in [0.4, 0.5) is 0 Å². The molecule has 21 heavy (non-hydrogen) atoms. The van der Waals surface area contributed by atoms with Crippen molar-refractivity contribution in [3.8, 4) is 11.5 Å². The Bertz CT molecular complexity index is 527. The average Bonchev–Trinajstić information content (AvgIpc) is 2.43. The first-order valence-electron chi connectivity index (χ1n) is 6.52. The molecule has 1 atom stereocenters. The molecule has 1 rings (SSSR count). The Morgan fingerprint density at radius 3 is 2.38 bits per heavy atom. The van der Waals surface area contributed by atoms with Gasteiger partial charge in [-0.25, -0.2) is 0 Å². The highest BCUT2D eigenvalue weighted by Crippen LogP contribution is 2.34. The minimum absolute atomic E-state index is 0.210. The van der Waals surface area contributed by atoms with Gasteiger partial charge in [-0.05, 0) is 60.6 Å². The van der Waals surface area contributed by atoms with Crippen molar-refractivity contribution < 1.29 is 23.8 Å². The molecule has 0 heterocycles. The van der Waals surface area contributed by atoms with Crippen LogP contribution in [0.25, 0.3) is 0 Å². The van der Waals surface area contributed by atoms with Crippen molar-refractivity contribution in [3.63, 3.8) is 0 Å². The summed E-state index contributed by atoms with van der Waals surface area (Å²) in [4.78, 5) is 23.5. The summed E-state index contributed by atoms with van der Waals surface area (Å²) in [5.41, 5.74) is 0.824. The second-order valence-corrected chi connectivity index (χ2v) is 5.59. The van der Waals surface area contributed by atoms with E-state index >= 15 is 0 Å². The SMILES string of the molecule is CCOC(=O)C(Cc1cc(I)c(OC)c(OC)c1)C(C)=O. The maximum Gasteiger partial charge on any atom is 0.316 e. The van der Waals surface area contributed by atoms with Gasteiger partial charge in [0, 0.05) is 0 Å². The van der Waals surface area contributed by atoms with E-state index in [9.17, 15) is 9.59 Å². The van der Waals surface area contributed by atoms with Crippen LogP contribution in [-0.2, 0) is 20.7 Å². The minimum atomic E-state index is -0.793. The second kappa shape index (κ2) is 8.21.